The van der Waals surface area contributed by atoms with Gasteiger partial charge in [-0.05, 0) is 42.4 Å². The Hall–Kier alpha value is -1.75. The van der Waals surface area contributed by atoms with Gasteiger partial charge in [0.1, 0.15) is 0 Å². The van der Waals surface area contributed by atoms with Crippen molar-refractivity contribution in [3.8, 4) is 11.5 Å². The van der Waals surface area contributed by atoms with Gasteiger partial charge in [-0.2, -0.15) is 0 Å². The van der Waals surface area contributed by atoms with Gasteiger partial charge in [0.25, 0.3) is 0 Å². The van der Waals surface area contributed by atoms with E-state index < -0.39 is 6.04 Å². The van der Waals surface area contributed by atoms with Crippen molar-refractivity contribution in [3.63, 3.8) is 0 Å². The van der Waals surface area contributed by atoms with Crippen LogP contribution in [0, 0.1) is 11.8 Å². The number of rotatable bonds is 5. The average molecular weight is 278 g/mol. The second-order valence-electron chi connectivity index (χ2n) is 5.83. The lowest BCUT2D eigenvalue weighted by molar-refractivity contribution is -0.131. The van der Waals surface area contributed by atoms with Crippen molar-refractivity contribution in [2.24, 2.45) is 17.6 Å². The van der Waals surface area contributed by atoms with Crippen LogP contribution in [0.4, 0.5) is 0 Å². The maximum atomic E-state index is 12.2. The summed E-state index contributed by atoms with van der Waals surface area (Å²) >= 11 is 0. The van der Waals surface area contributed by atoms with Crippen LogP contribution in [-0.4, -0.2) is 40.7 Å². The van der Waals surface area contributed by atoms with E-state index in [1.165, 1.54) is 18.6 Å². The van der Waals surface area contributed by atoms with Crippen LogP contribution in [0.25, 0.3) is 0 Å². The zero-order valence-corrected chi connectivity index (χ0v) is 11.9. The predicted molar refractivity (Wildman–Crippen MR) is 76.4 cm³/mol. The number of benzene rings is 1. The molecule has 1 saturated carbocycles. The van der Waals surface area contributed by atoms with Gasteiger partial charge in [-0.25, -0.2) is 0 Å². The van der Waals surface area contributed by atoms with Crippen molar-refractivity contribution in [1.82, 2.24) is 4.90 Å². The lowest BCUT2D eigenvalue weighted by Gasteiger charge is -2.21. The first-order valence-corrected chi connectivity index (χ1v) is 6.90. The average Bonchev–Trinajstić information content (AvgIpc) is 3.08. The molecule has 0 heterocycles. The fourth-order valence-corrected chi connectivity index (χ4v) is 2.42. The molecule has 1 amide bonds. The summed E-state index contributed by atoms with van der Waals surface area (Å²) in [7, 11) is 1.78. The standard InChI is InChI=1S/C15H22N2O3/c1-9-5-11(9)8-17(2)15(20)12(16)6-10-3-4-13(18)14(19)7-10/h3-4,7,9,11-12,18-19H,5-6,8,16H2,1-2H3/t9?,11?,12-/m0/s1. The van der Waals surface area contributed by atoms with Crippen LogP contribution in [0.5, 0.6) is 11.5 Å². The number of phenols is 2. The summed E-state index contributed by atoms with van der Waals surface area (Å²) in [4.78, 5) is 13.9. The highest BCUT2D eigenvalue weighted by atomic mass is 16.3. The summed E-state index contributed by atoms with van der Waals surface area (Å²) in [5.41, 5.74) is 6.66. The third-order valence-corrected chi connectivity index (χ3v) is 3.97. The molecule has 4 N–H and O–H groups in total. The molecule has 20 heavy (non-hydrogen) atoms. The van der Waals surface area contributed by atoms with Gasteiger partial charge < -0.3 is 20.8 Å². The molecular formula is C15H22N2O3. The maximum absolute atomic E-state index is 12.2. The quantitative estimate of drug-likeness (QED) is 0.703. The molecule has 3 atom stereocenters. The lowest BCUT2D eigenvalue weighted by Crippen LogP contribution is -2.43. The number of nitrogens with zero attached hydrogens (tertiary/aromatic N) is 1. The third kappa shape index (κ3) is 3.42. The highest BCUT2D eigenvalue weighted by molar-refractivity contribution is 5.81. The van der Waals surface area contributed by atoms with E-state index >= 15 is 0 Å². The van der Waals surface area contributed by atoms with Crippen LogP contribution < -0.4 is 5.73 Å². The molecular weight excluding hydrogens is 256 g/mol. The number of hydrogen-bond donors (Lipinski definition) is 3. The highest BCUT2D eigenvalue weighted by Gasteiger charge is 2.34. The van der Waals surface area contributed by atoms with E-state index in [9.17, 15) is 15.0 Å². The van der Waals surface area contributed by atoms with Crippen LogP contribution in [0.2, 0.25) is 0 Å². The van der Waals surface area contributed by atoms with Gasteiger partial charge in [-0.15, -0.1) is 0 Å². The fraction of sp³-hybridized carbons (Fsp3) is 0.533. The smallest absolute Gasteiger partial charge is 0.239 e. The largest absolute Gasteiger partial charge is 0.504 e. The van der Waals surface area contributed by atoms with E-state index in [-0.39, 0.29) is 17.4 Å². The Morgan fingerprint density at radius 1 is 1.45 bits per heavy atom. The molecule has 0 bridgehead atoms. The van der Waals surface area contributed by atoms with Gasteiger partial charge in [0, 0.05) is 13.6 Å². The van der Waals surface area contributed by atoms with E-state index in [0.717, 1.165) is 12.1 Å². The Bertz CT molecular complexity index is 504. The minimum absolute atomic E-state index is 0.0864. The molecule has 1 aliphatic rings. The summed E-state index contributed by atoms with van der Waals surface area (Å²) in [5, 5.41) is 18.7. The number of carbonyl (C=O) groups excluding carboxylic acids is 1. The van der Waals surface area contributed by atoms with Crippen LogP contribution in [0.1, 0.15) is 18.9 Å². The van der Waals surface area contributed by atoms with E-state index in [4.69, 9.17) is 5.73 Å². The van der Waals surface area contributed by atoms with Gasteiger partial charge in [-0.3, -0.25) is 4.79 Å². The Kier molecular flexibility index (Phi) is 4.18. The molecule has 1 fully saturated rings. The second-order valence-corrected chi connectivity index (χ2v) is 5.83. The first kappa shape index (κ1) is 14.7. The molecule has 0 aromatic heterocycles. The van der Waals surface area contributed by atoms with Gasteiger partial charge in [0.2, 0.25) is 5.91 Å². The van der Waals surface area contributed by atoms with Crippen molar-refractivity contribution in [2.75, 3.05) is 13.6 Å². The number of hydrogen-bond acceptors (Lipinski definition) is 4. The number of phenolic OH excluding ortho intramolecular Hbond substituents is 2. The van der Waals surface area contributed by atoms with Crippen LogP contribution in [0.15, 0.2) is 18.2 Å². The van der Waals surface area contributed by atoms with Crippen molar-refractivity contribution in [3.05, 3.63) is 23.8 Å². The lowest BCUT2D eigenvalue weighted by atomic mass is 10.0. The minimum Gasteiger partial charge on any atom is -0.504 e. The van der Waals surface area contributed by atoms with Crippen LogP contribution in [-0.2, 0) is 11.2 Å². The van der Waals surface area contributed by atoms with Gasteiger partial charge in [-0.1, -0.05) is 13.0 Å². The molecule has 2 rings (SSSR count). The summed E-state index contributed by atoms with van der Waals surface area (Å²) in [5.74, 6) is 0.858. The Labute approximate surface area is 119 Å². The Balaban J connectivity index is 1.91. The molecule has 5 nitrogen and oxygen atoms in total. The zero-order valence-electron chi connectivity index (χ0n) is 11.9. The second kappa shape index (κ2) is 5.71. The van der Waals surface area contributed by atoms with E-state index in [0.29, 0.717) is 18.3 Å². The monoisotopic (exact) mass is 278 g/mol. The van der Waals surface area contributed by atoms with Crippen LogP contribution in [0.3, 0.4) is 0 Å². The van der Waals surface area contributed by atoms with E-state index in [1.807, 2.05) is 0 Å². The number of amides is 1. The number of nitrogens with two attached hydrogens (primary N) is 1. The van der Waals surface area contributed by atoms with Crippen molar-refractivity contribution >= 4 is 5.91 Å². The fourth-order valence-electron chi connectivity index (χ4n) is 2.42. The normalized spacial score (nSPS) is 22.4. The van der Waals surface area contributed by atoms with Crippen molar-refractivity contribution in [2.45, 2.75) is 25.8 Å². The summed E-state index contributed by atoms with van der Waals surface area (Å²) in [6, 6.07) is 3.87. The Morgan fingerprint density at radius 3 is 2.65 bits per heavy atom. The number of aromatic hydroxyl groups is 2. The molecule has 0 aliphatic heterocycles. The number of likely N-dealkylation sites (N-methyl/N-ethyl adjacent to an activating group) is 1. The maximum Gasteiger partial charge on any atom is 0.239 e. The van der Waals surface area contributed by atoms with Crippen molar-refractivity contribution in [1.29, 1.82) is 0 Å². The summed E-state index contributed by atoms with van der Waals surface area (Å²) in [6.07, 6.45) is 1.52. The molecule has 110 valence electrons. The van der Waals surface area contributed by atoms with E-state index in [2.05, 4.69) is 6.92 Å². The topological polar surface area (TPSA) is 86.8 Å². The predicted octanol–water partition coefficient (Wildman–Crippen LogP) is 1.08. The molecule has 1 aromatic carbocycles. The third-order valence-electron chi connectivity index (χ3n) is 3.97. The van der Waals surface area contributed by atoms with Crippen LogP contribution >= 0.6 is 0 Å². The zero-order chi connectivity index (χ0) is 14.9. The highest BCUT2D eigenvalue weighted by Crippen LogP contribution is 2.38. The van der Waals surface area contributed by atoms with Crippen molar-refractivity contribution < 1.29 is 15.0 Å². The van der Waals surface area contributed by atoms with Gasteiger partial charge in [0.05, 0.1) is 6.04 Å². The van der Waals surface area contributed by atoms with E-state index in [1.54, 1.807) is 18.0 Å². The Morgan fingerprint density at radius 2 is 2.10 bits per heavy atom. The SMILES string of the molecule is CC1CC1CN(C)C(=O)[C@@H](N)Cc1ccc(O)c(O)c1. The first-order valence-electron chi connectivity index (χ1n) is 6.90. The molecule has 0 saturated heterocycles. The molecule has 1 aromatic rings. The molecule has 1 aliphatic carbocycles. The molecule has 2 unspecified atom stereocenters. The summed E-state index contributed by atoms with van der Waals surface area (Å²) < 4.78 is 0. The summed E-state index contributed by atoms with van der Waals surface area (Å²) in [6.45, 7) is 2.94. The van der Waals surface area contributed by atoms with Gasteiger partial charge >= 0.3 is 0 Å². The molecule has 5 heteroatoms. The molecule has 0 spiro atoms. The first-order chi connectivity index (χ1) is 9.38. The molecule has 0 radical (unpaired) electrons. The van der Waals surface area contributed by atoms with Gasteiger partial charge in [0.15, 0.2) is 11.5 Å². The minimum atomic E-state index is -0.627. The number of carbonyl (C=O) groups is 1.